The van der Waals surface area contributed by atoms with Gasteiger partial charge in [-0.2, -0.15) is 6.08 Å². The van der Waals surface area contributed by atoms with Crippen molar-refractivity contribution in [3.63, 3.8) is 0 Å². The molecule has 0 bridgehead atoms. The first-order valence-corrected chi connectivity index (χ1v) is 2.13. The topological polar surface area (TPSA) is 0 Å². The van der Waals surface area contributed by atoms with Crippen LogP contribution in [0.3, 0.4) is 0 Å². The smallest absolute Gasteiger partial charge is 0.358 e. The maximum atomic E-state index is 3.12. The molecular weight excluding hydrogens is 211 g/mol. The Morgan fingerprint density at radius 2 is 2.11 bits per heavy atom. The molecule has 0 atom stereocenters. The van der Waals surface area contributed by atoms with E-state index >= 15 is 0 Å². The minimum absolute atomic E-state index is 0. The van der Waals surface area contributed by atoms with E-state index in [1.54, 1.807) is 0 Å². The standard InChI is InChI=1S/C6H7.CH3.ClH.Zr/c1-6-4-2-3-5-6;;;/h2,4H,3H2,1H3;1H3;1H;/q2*-1;;+2. The molecule has 50 valence electrons. The summed E-state index contributed by atoms with van der Waals surface area (Å²) in [6.07, 6.45) is 8.33. The summed E-state index contributed by atoms with van der Waals surface area (Å²) in [5.74, 6) is 0. The van der Waals surface area contributed by atoms with E-state index in [-0.39, 0.29) is 46.0 Å². The van der Waals surface area contributed by atoms with Gasteiger partial charge in [-0.15, -0.1) is 18.8 Å². The van der Waals surface area contributed by atoms with Crippen molar-refractivity contribution in [2.75, 3.05) is 0 Å². The van der Waals surface area contributed by atoms with Crippen LogP contribution >= 0.6 is 12.4 Å². The van der Waals surface area contributed by atoms with Crippen LogP contribution in [-0.2, 0) is 26.2 Å². The summed E-state index contributed by atoms with van der Waals surface area (Å²) in [4.78, 5) is 0. The molecular formula is C7H11ClZr. The minimum atomic E-state index is 0. The predicted molar refractivity (Wildman–Crippen MR) is 39.8 cm³/mol. The molecule has 0 aromatic carbocycles. The Morgan fingerprint density at radius 1 is 1.56 bits per heavy atom. The van der Waals surface area contributed by atoms with Crippen molar-refractivity contribution in [2.45, 2.75) is 13.3 Å². The van der Waals surface area contributed by atoms with Crippen LogP contribution < -0.4 is 0 Å². The van der Waals surface area contributed by atoms with Crippen molar-refractivity contribution in [3.05, 3.63) is 31.2 Å². The van der Waals surface area contributed by atoms with Crippen LogP contribution in [0, 0.1) is 13.5 Å². The second kappa shape index (κ2) is 8.65. The zero-order valence-corrected chi connectivity index (χ0v) is 9.04. The predicted octanol–water partition coefficient (Wildman–Crippen LogP) is 2.57. The van der Waals surface area contributed by atoms with E-state index in [2.05, 4.69) is 25.2 Å². The molecule has 1 rings (SSSR count). The number of rotatable bonds is 0. The average Bonchev–Trinajstić information content (AvgIpc) is 1.86. The normalized spacial score (nSPS) is 12.3. The molecule has 0 nitrogen and oxygen atoms in total. The van der Waals surface area contributed by atoms with E-state index < -0.39 is 0 Å². The molecule has 0 radical (unpaired) electrons. The molecule has 9 heavy (non-hydrogen) atoms. The van der Waals surface area contributed by atoms with Crippen LogP contribution in [0.15, 0.2) is 17.7 Å². The van der Waals surface area contributed by atoms with Gasteiger partial charge < -0.3 is 7.43 Å². The van der Waals surface area contributed by atoms with Crippen molar-refractivity contribution in [1.29, 1.82) is 0 Å². The fraction of sp³-hybridized carbons (Fsp3) is 0.286. The van der Waals surface area contributed by atoms with Gasteiger partial charge in [-0.3, -0.25) is 6.08 Å². The molecule has 2 heteroatoms. The van der Waals surface area contributed by atoms with Crippen molar-refractivity contribution in [1.82, 2.24) is 0 Å². The number of allylic oxidation sites excluding steroid dienone is 4. The molecule has 0 aromatic heterocycles. The van der Waals surface area contributed by atoms with Gasteiger partial charge in [0, 0.05) is 0 Å². The van der Waals surface area contributed by atoms with Gasteiger partial charge in [-0.25, -0.2) is 11.6 Å². The summed E-state index contributed by atoms with van der Waals surface area (Å²) in [5, 5.41) is 0. The summed E-state index contributed by atoms with van der Waals surface area (Å²) in [6.45, 7) is 2.06. The van der Waals surface area contributed by atoms with E-state index in [4.69, 9.17) is 0 Å². The molecule has 0 aromatic rings. The monoisotopic (exact) mass is 220 g/mol. The Balaban J connectivity index is -0.000000120. The van der Waals surface area contributed by atoms with E-state index in [1.165, 1.54) is 5.57 Å². The second-order valence-electron chi connectivity index (χ2n) is 1.47. The van der Waals surface area contributed by atoms with Gasteiger partial charge in [-0.1, -0.05) is 6.92 Å². The maximum absolute atomic E-state index is 3.12. The maximum Gasteiger partial charge on any atom is 2.00 e. The minimum Gasteiger partial charge on any atom is -0.358 e. The number of hydrogen-bond donors (Lipinski definition) is 0. The molecule has 0 aliphatic heterocycles. The van der Waals surface area contributed by atoms with Gasteiger partial charge in [0.1, 0.15) is 0 Å². The Bertz CT molecular complexity index is 103. The van der Waals surface area contributed by atoms with Gasteiger partial charge in [-0.05, 0) is 0 Å². The van der Waals surface area contributed by atoms with Gasteiger partial charge in [0.05, 0.1) is 0 Å². The van der Waals surface area contributed by atoms with Gasteiger partial charge in [0.15, 0.2) is 0 Å². The molecule has 0 amide bonds. The Kier molecular flexibility index (Phi) is 15.7. The van der Waals surface area contributed by atoms with Gasteiger partial charge in [0.2, 0.25) is 0 Å². The molecule has 0 N–H and O–H groups in total. The van der Waals surface area contributed by atoms with Crippen molar-refractivity contribution in [2.24, 2.45) is 0 Å². The van der Waals surface area contributed by atoms with E-state index in [0.29, 0.717) is 0 Å². The van der Waals surface area contributed by atoms with E-state index in [1.807, 2.05) is 0 Å². The summed E-state index contributed by atoms with van der Waals surface area (Å²) >= 11 is 0. The third-order valence-corrected chi connectivity index (χ3v) is 0.867. The van der Waals surface area contributed by atoms with Crippen molar-refractivity contribution in [3.8, 4) is 0 Å². The van der Waals surface area contributed by atoms with Gasteiger partial charge >= 0.3 is 26.2 Å². The zero-order valence-electron chi connectivity index (χ0n) is 5.77. The summed E-state index contributed by atoms with van der Waals surface area (Å²) in [6, 6.07) is 0. The molecule has 0 fully saturated rings. The van der Waals surface area contributed by atoms with Crippen LogP contribution in [0.2, 0.25) is 0 Å². The Morgan fingerprint density at radius 3 is 2.22 bits per heavy atom. The molecule has 1 aliphatic rings. The summed E-state index contributed by atoms with van der Waals surface area (Å²) in [7, 11) is 0. The second-order valence-corrected chi connectivity index (χ2v) is 1.47. The third-order valence-electron chi connectivity index (χ3n) is 0.867. The van der Waals surface area contributed by atoms with E-state index in [9.17, 15) is 0 Å². The van der Waals surface area contributed by atoms with Crippen molar-refractivity contribution < 1.29 is 26.2 Å². The fourth-order valence-corrected chi connectivity index (χ4v) is 0.515. The molecule has 1 aliphatic carbocycles. The van der Waals surface area contributed by atoms with Crippen LogP contribution in [0.25, 0.3) is 0 Å². The van der Waals surface area contributed by atoms with Crippen LogP contribution in [0.1, 0.15) is 13.3 Å². The Labute approximate surface area is 83.0 Å². The largest absolute Gasteiger partial charge is 2.00 e. The fourth-order valence-electron chi connectivity index (χ4n) is 0.515. The molecule has 0 spiro atoms. The molecule has 0 heterocycles. The van der Waals surface area contributed by atoms with Crippen LogP contribution in [0.4, 0.5) is 0 Å². The van der Waals surface area contributed by atoms with Crippen LogP contribution in [-0.4, -0.2) is 0 Å². The van der Waals surface area contributed by atoms with E-state index in [0.717, 1.165) is 6.42 Å². The third kappa shape index (κ3) is 6.54. The molecule has 0 saturated carbocycles. The Hall–Kier alpha value is 0.653. The molecule has 0 unspecified atom stereocenters. The average molecular weight is 222 g/mol. The SMILES string of the molecule is CC1=[C-]CC=C1.Cl.[CH3-].[Zr+2]. The summed E-state index contributed by atoms with van der Waals surface area (Å²) < 4.78 is 0. The first-order valence-electron chi connectivity index (χ1n) is 2.13. The van der Waals surface area contributed by atoms with Crippen molar-refractivity contribution >= 4 is 12.4 Å². The summed E-state index contributed by atoms with van der Waals surface area (Å²) in [5.41, 5.74) is 1.27. The number of hydrogen-bond acceptors (Lipinski definition) is 0. The van der Waals surface area contributed by atoms with Crippen LogP contribution in [0.5, 0.6) is 0 Å². The first kappa shape index (κ1) is 16.3. The van der Waals surface area contributed by atoms with Gasteiger partial charge in [0.25, 0.3) is 0 Å². The molecule has 0 saturated heterocycles. The zero-order chi connectivity index (χ0) is 4.41. The number of halogens is 1. The quantitative estimate of drug-likeness (QED) is 0.552. The first-order chi connectivity index (χ1) is 2.89.